The third-order valence-electron chi connectivity index (χ3n) is 3.68. The molecule has 84 valence electrons. The zero-order valence-corrected chi connectivity index (χ0v) is 9.06. The Hall–Kier alpha value is -0.770. The van der Waals surface area contributed by atoms with Crippen LogP contribution in [0.4, 0.5) is 0 Å². The summed E-state index contributed by atoms with van der Waals surface area (Å²) in [7, 11) is 0. The van der Waals surface area contributed by atoms with Crippen molar-refractivity contribution in [2.45, 2.75) is 37.8 Å². The molecule has 2 fully saturated rings. The highest BCUT2D eigenvalue weighted by Gasteiger charge is 2.38. The van der Waals surface area contributed by atoms with Gasteiger partial charge in [-0.2, -0.15) is 0 Å². The predicted molar refractivity (Wildman–Crippen MR) is 58.7 cm³/mol. The van der Waals surface area contributed by atoms with E-state index < -0.39 is 0 Å². The maximum Gasteiger partial charge on any atom is 0.191 e. The second kappa shape index (κ2) is 3.67. The minimum absolute atomic E-state index is 0.369. The Morgan fingerprint density at radius 1 is 1.40 bits per heavy atom. The van der Waals surface area contributed by atoms with E-state index in [9.17, 15) is 0 Å². The number of aliphatic imine (C=N–C) groups is 1. The van der Waals surface area contributed by atoms with Crippen molar-refractivity contribution in [3.63, 3.8) is 0 Å². The van der Waals surface area contributed by atoms with Gasteiger partial charge in [0.2, 0.25) is 0 Å². The Balaban J connectivity index is 1.66. The van der Waals surface area contributed by atoms with E-state index in [1.54, 1.807) is 0 Å². The van der Waals surface area contributed by atoms with Crippen LogP contribution >= 0.6 is 0 Å². The molecule has 3 aliphatic rings. The molecule has 0 aromatic rings. The summed E-state index contributed by atoms with van der Waals surface area (Å²) >= 11 is 0. The molecule has 2 heterocycles. The molecule has 3 rings (SSSR count). The SMILES string of the molecule is NC1=NCC(C2CCCO2)N1CC1CC1. The maximum absolute atomic E-state index is 5.93. The molecule has 4 nitrogen and oxygen atoms in total. The molecule has 1 aliphatic carbocycles. The van der Waals surface area contributed by atoms with E-state index in [1.807, 2.05) is 0 Å². The second-order valence-electron chi connectivity index (χ2n) is 4.91. The number of ether oxygens (including phenoxy) is 1. The van der Waals surface area contributed by atoms with Crippen LogP contribution in [-0.4, -0.2) is 42.7 Å². The average molecular weight is 209 g/mol. The monoisotopic (exact) mass is 209 g/mol. The zero-order valence-electron chi connectivity index (χ0n) is 9.06. The number of hydrogen-bond donors (Lipinski definition) is 1. The lowest BCUT2D eigenvalue weighted by Crippen LogP contribution is -2.47. The van der Waals surface area contributed by atoms with E-state index in [1.165, 1.54) is 25.7 Å². The number of nitrogens with zero attached hydrogens (tertiary/aromatic N) is 2. The molecule has 0 bridgehead atoms. The highest BCUT2D eigenvalue weighted by molar-refractivity contribution is 5.80. The highest BCUT2D eigenvalue weighted by atomic mass is 16.5. The zero-order chi connectivity index (χ0) is 10.3. The fourth-order valence-corrected chi connectivity index (χ4v) is 2.58. The Kier molecular flexibility index (Phi) is 2.31. The van der Waals surface area contributed by atoms with Crippen molar-refractivity contribution in [3.8, 4) is 0 Å². The van der Waals surface area contributed by atoms with E-state index in [4.69, 9.17) is 10.5 Å². The molecule has 1 saturated heterocycles. The molecular formula is C11H19N3O. The first kappa shape index (κ1) is 9.46. The van der Waals surface area contributed by atoms with Crippen LogP contribution in [0.25, 0.3) is 0 Å². The van der Waals surface area contributed by atoms with E-state index >= 15 is 0 Å². The first-order chi connectivity index (χ1) is 7.34. The quantitative estimate of drug-likeness (QED) is 0.739. The summed E-state index contributed by atoms with van der Waals surface area (Å²) in [6, 6.07) is 0.424. The molecule has 2 aliphatic heterocycles. The lowest BCUT2D eigenvalue weighted by molar-refractivity contribution is 0.0562. The van der Waals surface area contributed by atoms with Crippen LogP contribution < -0.4 is 5.73 Å². The second-order valence-corrected chi connectivity index (χ2v) is 4.91. The molecule has 0 radical (unpaired) electrons. The lowest BCUT2D eigenvalue weighted by Gasteiger charge is -2.30. The van der Waals surface area contributed by atoms with Gasteiger partial charge >= 0.3 is 0 Å². The van der Waals surface area contributed by atoms with Gasteiger partial charge in [0.1, 0.15) is 0 Å². The topological polar surface area (TPSA) is 50.9 Å². The van der Waals surface area contributed by atoms with Crippen molar-refractivity contribution < 1.29 is 4.74 Å². The summed E-state index contributed by atoms with van der Waals surface area (Å²) in [5.74, 6) is 1.60. The summed E-state index contributed by atoms with van der Waals surface area (Å²) in [6.07, 6.45) is 5.46. The van der Waals surface area contributed by atoms with Crippen LogP contribution in [0, 0.1) is 5.92 Å². The van der Waals surface area contributed by atoms with Crippen molar-refractivity contribution >= 4 is 5.96 Å². The molecule has 0 aromatic carbocycles. The van der Waals surface area contributed by atoms with Crippen LogP contribution in [0.2, 0.25) is 0 Å². The summed E-state index contributed by atoms with van der Waals surface area (Å²) in [6.45, 7) is 2.85. The van der Waals surface area contributed by atoms with Gasteiger partial charge in [0.15, 0.2) is 5.96 Å². The van der Waals surface area contributed by atoms with Crippen LogP contribution in [0.1, 0.15) is 25.7 Å². The van der Waals surface area contributed by atoms with Gasteiger partial charge in [0, 0.05) is 13.2 Å². The number of rotatable bonds is 3. The van der Waals surface area contributed by atoms with Crippen molar-refractivity contribution in [2.24, 2.45) is 16.6 Å². The number of guanidine groups is 1. The highest BCUT2D eigenvalue weighted by Crippen LogP contribution is 2.32. The molecule has 4 heteroatoms. The Morgan fingerprint density at radius 2 is 2.27 bits per heavy atom. The molecule has 15 heavy (non-hydrogen) atoms. The molecule has 0 aromatic heterocycles. The van der Waals surface area contributed by atoms with Crippen LogP contribution in [0.15, 0.2) is 4.99 Å². The van der Waals surface area contributed by atoms with Crippen molar-refractivity contribution in [2.75, 3.05) is 19.7 Å². The third kappa shape index (κ3) is 1.83. The normalized spacial score (nSPS) is 36.0. The fourth-order valence-electron chi connectivity index (χ4n) is 2.58. The Morgan fingerprint density at radius 3 is 2.93 bits per heavy atom. The summed E-state index contributed by atoms with van der Waals surface area (Å²) in [4.78, 5) is 6.65. The van der Waals surface area contributed by atoms with Crippen molar-refractivity contribution in [3.05, 3.63) is 0 Å². The van der Waals surface area contributed by atoms with Gasteiger partial charge in [-0.05, 0) is 31.6 Å². The average Bonchev–Trinajstić information content (AvgIpc) is 2.75. The van der Waals surface area contributed by atoms with Gasteiger partial charge in [-0.15, -0.1) is 0 Å². The van der Waals surface area contributed by atoms with Gasteiger partial charge < -0.3 is 15.4 Å². The number of nitrogens with two attached hydrogens (primary N) is 1. The molecule has 2 unspecified atom stereocenters. The lowest BCUT2D eigenvalue weighted by atomic mass is 10.1. The standard InChI is InChI=1S/C11H19N3O/c12-11-13-6-9(10-2-1-5-15-10)14(11)7-8-3-4-8/h8-10H,1-7H2,(H2,12,13). The molecule has 0 amide bonds. The van der Waals surface area contributed by atoms with Gasteiger partial charge in [0.25, 0.3) is 0 Å². The van der Waals surface area contributed by atoms with E-state index in [-0.39, 0.29) is 0 Å². The summed E-state index contributed by atoms with van der Waals surface area (Å²) in [5, 5.41) is 0. The van der Waals surface area contributed by atoms with Crippen LogP contribution in [-0.2, 0) is 4.74 Å². The molecule has 1 saturated carbocycles. The predicted octanol–water partition coefficient (Wildman–Crippen LogP) is 0.574. The smallest absolute Gasteiger partial charge is 0.191 e. The third-order valence-corrected chi connectivity index (χ3v) is 3.68. The number of hydrogen-bond acceptors (Lipinski definition) is 4. The molecule has 2 N–H and O–H groups in total. The van der Waals surface area contributed by atoms with Crippen LogP contribution in [0.3, 0.4) is 0 Å². The Labute approximate surface area is 90.5 Å². The van der Waals surface area contributed by atoms with Crippen molar-refractivity contribution in [1.29, 1.82) is 0 Å². The molecular weight excluding hydrogens is 190 g/mol. The van der Waals surface area contributed by atoms with E-state index in [0.717, 1.165) is 31.6 Å². The summed E-state index contributed by atoms with van der Waals surface area (Å²) in [5.41, 5.74) is 5.93. The Bertz CT molecular complexity index is 269. The van der Waals surface area contributed by atoms with Gasteiger partial charge in [-0.25, -0.2) is 0 Å². The van der Waals surface area contributed by atoms with Crippen LogP contribution in [0.5, 0.6) is 0 Å². The van der Waals surface area contributed by atoms with E-state index in [0.29, 0.717) is 12.1 Å². The van der Waals surface area contributed by atoms with Gasteiger partial charge in [-0.3, -0.25) is 4.99 Å². The first-order valence-electron chi connectivity index (χ1n) is 6.03. The molecule has 2 atom stereocenters. The van der Waals surface area contributed by atoms with Gasteiger partial charge in [0.05, 0.1) is 18.7 Å². The largest absolute Gasteiger partial charge is 0.376 e. The summed E-state index contributed by atoms with van der Waals surface area (Å²) < 4.78 is 5.75. The van der Waals surface area contributed by atoms with Crippen molar-refractivity contribution in [1.82, 2.24) is 4.90 Å². The minimum atomic E-state index is 0.369. The maximum atomic E-state index is 5.93. The van der Waals surface area contributed by atoms with Gasteiger partial charge in [-0.1, -0.05) is 0 Å². The van der Waals surface area contributed by atoms with E-state index in [2.05, 4.69) is 9.89 Å². The minimum Gasteiger partial charge on any atom is -0.376 e. The first-order valence-corrected chi connectivity index (χ1v) is 6.03. The fraction of sp³-hybridized carbons (Fsp3) is 0.909. The molecule has 0 spiro atoms.